The maximum atomic E-state index is 12.8. The number of pyridine rings is 2. The molecule has 0 bridgehead atoms. The third-order valence-electron chi connectivity index (χ3n) is 6.73. The van der Waals surface area contributed by atoms with Crippen LogP contribution in [-0.2, 0) is 9.53 Å². The molecule has 0 spiro atoms. The van der Waals surface area contributed by atoms with Crippen LogP contribution in [0.5, 0.6) is 0 Å². The second-order valence-corrected chi connectivity index (χ2v) is 9.57. The molecule has 0 radical (unpaired) electrons. The number of rotatable bonds is 9. The number of amides is 1. The Morgan fingerprint density at radius 1 is 1.37 bits per heavy atom. The van der Waals surface area contributed by atoms with E-state index >= 15 is 0 Å². The number of nitriles is 1. The maximum absolute atomic E-state index is 12.8. The van der Waals surface area contributed by atoms with Gasteiger partial charge in [-0.05, 0) is 42.5 Å². The zero-order valence-electron chi connectivity index (χ0n) is 20.8. The van der Waals surface area contributed by atoms with Crippen LogP contribution < -0.4 is 10.2 Å². The number of ether oxygens (including phenoxy) is 1. The molecule has 1 saturated heterocycles. The van der Waals surface area contributed by atoms with Gasteiger partial charge in [-0.15, -0.1) is 0 Å². The number of aromatic nitrogens is 2. The molecule has 1 atom stereocenters. The Morgan fingerprint density at radius 3 is 2.83 bits per heavy atom. The first kappa shape index (κ1) is 24.7. The number of piperazine rings is 1. The van der Waals surface area contributed by atoms with E-state index in [-0.39, 0.29) is 17.9 Å². The van der Waals surface area contributed by atoms with Crippen molar-refractivity contribution in [1.82, 2.24) is 14.9 Å². The molecule has 8 nitrogen and oxygen atoms in total. The summed E-state index contributed by atoms with van der Waals surface area (Å²) in [6.07, 6.45) is 6.08. The fourth-order valence-electron chi connectivity index (χ4n) is 4.60. The Balaban J connectivity index is 1.62. The highest BCUT2D eigenvalue weighted by Gasteiger charge is 2.35. The number of methoxy groups -OCH3 is 1. The first-order valence-corrected chi connectivity index (χ1v) is 12.3. The molecule has 2 aliphatic rings. The molecule has 1 saturated carbocycles. The van der Waals surface area contributed by atoms with Crippen molar-refractivity contribution in [1.29, 1.82) is 5.26 Å². The predicted octanol–water partition coefficient (Wildman–Crippen LogP) is 4.32. The van der Waals surface area contributed by atoms with Crippen molar-refractivity contribution >= 4 is 29.3 Å². The highest BCUT2D eigenvalue weighted by Crippen LogP contribution is 2.44. The molecule has 4 rings (SSSR count). The summed E-state index contributed by atoms with van der Waals surface area (Å²) in [5, 5.41) is 13.4. The van der Waals surface area contributed by atoms with Crippen molar-refractivity contribution in [3.8, 4) is 6.07 Å². The maximum Gasteiger partial charge on any atom is 0.225 e. The number of carbonyl (C=O) groups excluding carboxylic acids is 1. The number of nitrogens with one attached hydrogen (secondary N) is 1. The molecule has 1 aliphatic carbocycles. The van der Waals surface area contributed by atoms with E-state index < -0.39 is 0 Å². The Bertz CT molecular complexity index is 1120. The van der Waals surface area contributed by atoms with Gasteiger partial charge in [-0.25, -0.2) is 9.97 Å². The number of anilines is 3. The minimum absolute atomic E-state index is 0.0504. The Kier molecular flexibility index (Phi) is 7.67. The number of nitrogens with zero attached hydrogens (tertiary/aromatic N) is 5. The van der Waals surface area contributed by atoms with Gasteiger partial charge >= 0.3 is 0 Å². The summed E-state index contributed by atoms with van der Waals surface area (Å²) >= 11 is 0. The zero-order valence-corrected chi connectivity index (χ0v) is 20.8. The van der Waals surface area contributed by atoms with Crippen molar-refractivity contribution in [3.05, 3.63) is 47.8 Å². The normalized spacial score (nSPS) is 17.9. The second-order valence-electron chi connectivity index (χ2n) is 9.57. The Labute approximate surface area is 207 Å². The van der Waals surface area contributed by atoms with Crippen LogP contribution in [0.25, 0.3) is 6.08 Å². The molecule has 35 heavy (non-hydrogen) atoms. The molecule has 2 aromatic heterocycles. The van der Waals surface area contributed by atoms with Crippen molar-refractivity contribution in [3.63, 3.8) is 0 Å². The number of hydrogen-bond acceptors (Lipinski definition) is 7. The Hall–Kier alpha value is -3.44. The summed E-state index contributed by atoms with van der Waals surface area (Å²) < 4.78 is 5.11. The van der Waals surface area contributed by atoms with Gasteiger partial charge in [0.25, 0.3) is 0 Å². The monoisotopic (exact) mass is 474 g/mol. The van der Waals surface area contributed by atoms with Crippen molar-refractivity contribution in [2.24, 2.45) is 5.92 Å². The van der Waals surface area contributed by atoms with Gasteiger partial charge in [0, 0.05) is 38.9 Å². The average Bonchev–Trinajstić information content (AvgIpc) is 3.72. The van der Waals surface area contributed by atoms with E-state index in [0.717, 1.165) is 29.8 Å². The molecule has 1 amide bonds. The van der Waals surface area contributed by atoms with Crippen LogP contribution in [-0.4, -0.2) is 60.2 Å². The standard InChI is InChI=1S/C27H34N6O2/c1-5-19-8-10-29-24(14-19)30-22-15-21(16-28)27(31-26(22)20-6-7-20)32-11-12-33(23(17-32)18(2)3)25(34)9-13-35-4/h5,8,10,14-15,18,20,23H,1,6-7,9,11-13,17H2,2-4H3,(H,29,30)/t23-/m0/s1. The van der Waals surface area contributed by atoms with E-state index in [9.17, 15) is 10.1 Å². The second kappa shape index (κ2) is 10.9. The molecule has 2 fully saturated rings. The first-order valence-electron chi connectivity index (χ1n) is 12.3. The molecular weight excluding hydrogens is 440 g/mol. The van der Waals surface area contributed by atoms with Crippen LogP contribution in [0.2, 0.25) is 0 Å². The highest BCUT2D eigenvalue weighted by atomic mass is 16.5. The van der Waals surface area contributed by atoms with E-state index in [1.807, 2.05) is 23.1 Å². The van der Waals surface area contributed by atoms with Crippen LogP contribution in [0.4, 0.5) is 17.3 Å². The third kappa shape index (κ3) is 5.63. The molecule has 3 heterocycles. The topological polar surface area (TPSA) is 94.4 Å². The van der Waals surface area contributed by atoms with Crippen LogP contribution in [0.15, 0.2) is 31.0 Å². The smallest absolute Gasteiger partial charge is 0.225 e. The van der Waals surface area contributed by atoms with Gasteiger partial charge in [-0.2, -0.15) is 5.26 Å². The molecule has 2 aromatic rings. The SMILES string of the molecule is C=Cc1ccnc(Nc2cc(C#N)c(N3CCN(C(=O)CCOC)[C@H](C(C)C)C3)nc2C2CC2)c1. The quantitative estimate of drug-likeness (QED) is 0.578. The van der Waals surface area contributed by atoms with Gasteiger partial charge < -0.3 is 19.9 Å². The molecular formula is C27H34N6O2. The van der Waals surface area contributed by atoms with E-state index in [0.29, 0.717) is 55.8 Å². The van der Waals surface area contributed by atoms with Gasteiger partial charge in [0.05, 0.1) is 36.0 Å². The van der Waals surface area contributed by atoms with Gasteiger partial charge in [-0.1, -0.05) is 26.5 Å². The van der Waals surface area contributed by atoms with E-state index in [1.165, 1.54) is 0 Å². The molecule has 0 unspecified atom stereocenters. The average molecular weight is 475 g/mol. The summed E-state index contributed by atoms with van der Waals surface area (Å²) in [7, 11) is 1.61. The minimum atomic E-state index is 0.0504. The summed E-state index contributed by atoms with van der Waals surface area (Å²) in [6.45, 7) is 10.4. The summed E-state index contributed by atoms with van der Waals surface area (Å²) in [5.74, 6) is 2.19. The lowest BCUT2D eigenvalue weighted by Gasteiger charge is -2.44. The zero-order chi connectivity index (χ0) is 24.9. The Morgan fingerprint density at radius 2 is 2.17 bits per heavy atom. The van der Waals surface area contributed by atoms with E-state index in [1.54, 1.807) is 19.4 Å². The van der Waals surface area contributed by atoms with Crippen LogP contribution in [0, 0.1) is 17.2 Å². The van der Waals surface area contributed by atoms with Crippen molar-refractivity contribution in [2.45, 2.75) is 45.1 Å². The molecule has 0 aromatic carbocycles. The van der Waals surface area contributed by atoms with Gasteiger partial charge in [-0.3, -0.25) is 4.79 Å². The lowest BCUT2D eigenvalue weighted by Crippen LogP contribution is -2.57. The molecule has 184 valence electrons. The summed E-state index contributed by atoms with van der Waals surface area (Å²) in [5.41, 5.74) is 3.30. The van der Waals surface area contributed by atoms with Crippen LogP contribution in [0.1, 0.15) is 55.8 Å². The minimum Gasteiger partial charge on any atom is -0.384 e. The lowest BCUT2D eigenvalue weighted by atomic mass is 9.98. The highest BCUT2D eigenvalue weighted by molar-refractivity contribution is 5.77. The molecule has 8 heteroatoms. The van der Waals surface area contributed by atoms with E-state index in [2.05, 4.69) is 41.7 Å². The van der Waals surface area contributed by atoms with Crippen molar-refractivity contribution < 1.29 is 9.53 Å². The number of carbonyl (C=O) groups is 1. The summed E-state index contributed by atoms with van der Waals surface area (Å²) in [4.78, 5) is 26.4. The molecule has 1 aliphatic heterocycles. The van der Waals surface area contributed by atoms with Gasteiger partial charge in [0.15, 0.2) is 0 Å². The van der Waals surface area contributed by atoms with Crippen LogP contribution >= 0.6 is 0 Å². The summed E-state index contributed by atoms with van der Waals surface area (Å²) in [6, 6.07) is 8.13. The largest absolute Gasteiger partial charge is 0.384 e. The van der Waals surface area contributed by atoms with Crippen LogP contribution in [0.3, 0.4) is 0 Å². The lowest BCUT2D eigenvalue weighted by molar-refractivity contribution is -0.135. The number of hydrogen-bond donors (Lipinski definition) is 1. The van der Waals surface area contributed by atoms with E-state index in [4.69, 9.17) is 9.72 Å². The van der Waals surface area contributed by atoms with Gasteiger partial charge in [0.1, 0.15) is 17.7 Å². The molecule has 1 N–H and O–H groups in total. The van der Waals surface area contributed by atoms with Crippen molar-refractivity contribution in [2.75, 3.05) is 43.6 Å². The van der Waals surface area contributed by atoms with Gasteiger partial charge in [0.2, 0.25) is 5.91 Å². The predicted molar refractivity (Wildman–Crippen MR) is 138 cm³/mol. The fraction of sp³-hybridized carbons (Fsp3) is 0.481. The fourth-order valence-corrected chi connectivity index (χ4v) is 4.60. The first-order chi connectivity index (χ1) is 16.9. The third-order valence-corrected chi connectivity index (χ3v) is 6.73.